The van der Waals surface area contributed by atoms with Crippen molar-refractivity contribution in [3.63, 3.8) is 0 Å². The molecule has 3 rings (SSSR count). The number of rotatable bonds is 7. The molecule has 6 heteroatoms. The van der Waals surface area contributed by atoms with E-state index >= 15 is 0 Å². The molecule has 128 valence electrons. The molecule has 1 fully saturated rings. The van der Waals surface area contributed by atoms with Crippen molar-refractivity contribution in [2.45, 2.75) is 51.6 Å². The first-order valence-electron chi connectivity index (χ1n) is 8.38. The number of hydrogen-bond donors (Lipinski definition) is 2. The van der Waals surface area contributed by atoms with Crippen molar-refractivity contribution in [1.82, 2.24) is 9.97 Å². The van der Waals surface area contributed by atoms with Crippen molar-refractivity contribution in [3.05, 3.63) is 47.2 Å². The highest BCUT2D eigenvalue weighted by Crippen LogP contribution is 2.39. The van der Waals surface area contributed by atoms with Gasteiger partial charge in [-0.1, -0.05) is 13.0 Å². The largest absolute Gasteiger partial charge is 0.366 e. The topological polar surface area (TPSA) is 49.8 Å². The fourth-order valence-corrected chi connectivity index (χ4v) is 2.37. The Morgan fingerprint density at radius 3 is 2.62 bits per heavy atom. The fraction of sp³-hybridized carbons (Fsp3) is 0.444. The molecule has 0 aliphatic heterocycles. The lowest BCUT2D eigenvalue weighted by atomic mass is 10.2. The first-order chi connectivity index (χ1) is 11.5. The van der Waals surface area contributed by atoms with Gasteiger partial charge >= 0.3 is 0 Å². The zero-order valence-electron chi connectivity index (χ0n) is 13.9. The molecule has 1 aliphatic carbocycles. The van der Waals surface area contributed by atoms with E-state index in [0.717, 1.165) is 31.0 Å². The third-order valence-corrected chi connectivity index (χ3v) is 4.19. The second-order valence-corrected chi connectivity index (χ2v) is 6.33. The van der Waals surface area contributed by atoms with E-state index in [9.17, 15) is 8.78 Å². The molecule has 0 bridgehead atoms. The number of benzene rings is 1. The standard InChI is InChI=1S/C18H22F2N4/c1-3-11(2)22-18-23-16(13-5-6-13)9-17(24-18)21-10-12-4-7-14(19)15(20)8-12/h4,7-9,11,13H,3,5-6,10H2,1-2H3,(H2,21,22,23,24)/t11-/m1/s1. The molecule has 4 nitrogen and oxygen atoms in total. The van der Waals surface area contributed by atoms with E-state index in [1.165, 1.54) is 6.07 Å². The second kappa shape index (κ2) is 7.11. The Balaban J connectivity index is 1.74. The van der Waals surface area contributed by atoms with Gasteiger partial charge in [-0.05, 0) is 43.9 Å². The molecule has 24 heavy (non-hydrogen) atoms. The maximum Gasteiger partial charge on any atom is 0.225 e. The quantitative estimate of drug-likeness (QED) is 0.786. The van der Waals surface area contributed by atoms with Crippen LogP contribution < -0.4 is 10.6 Å². The van der Waals surface area contributed by atoms with E-state index < -0.39 is 11.6 Å². The second-order valence-electron chi connectivity index (χ2n) is 6.33. The van der Waals surface area contributed by atoms with Gasteiger partial charge in [0.05, 0.1) is 5.69 Å². The molecule has 1 heterocycles. The maximum atomic E-state index is 13.3. The molecule has 0 saturated heterocycles. The predicted molar refractivity (Wildman–Crippen MR) is 91.1 cm³/mol. The van der Waals surface area contributed by atoms with Crippen LogP contribution in [0.25, 0.3) is 0 Å². The highest BCUT2D eigenvalue weighted by atomic mass is 19.2. The Morgan fingerprint density at radius 2 is 1.96 bits per heavy atom. The van der Waals surface area contributed by atoms with Gasteiger partial charge in [0.2, 0.25) is 5.95 Å². The molecule has 1 aliphatic rings. The van der Waals surface area contributed by atoms with Gasteiger partial charge in [0, 0.05) is 24.6 Å². The van der Waals surface area contributed by atoms with Crippen molar-refractivity contribution >= 4 is 11.8 Å². The molecule has 1 saturated carbocycles. The smallest absolute Gasteiger partial charge is 0.225 e. The summed E-state index contributed by atoms with van der Waals surface area (Å²) >= 11 is 0. The SMILES string of the molecule is CC[C@@H](C)Nc1nc(NCc2ccc(F)c(F)c2)cc(C2CC2)n1. The van der Waals surface area contributed by atoms with Gasteiger partial charge in [0.25, 0.3) is 0 Å². The first-order valence-corrected chi connectivity index (χ1v) is 8.38. The zero-order chi connectivity index (χ0) is 17.1. The Morgan fingerprint density at radius 1 is 1.17 bits per heavy atom. The lowest BCUT2D eigenvalue weighted by Gasteiger charge is -2.14. The highest BCUT2D eigenvalue weighted by Gasteiger charge is 2.26. The van der Waals surface area contributed by atoms with Gasteiger partial charge in [0.15, 0.2) is 11.6 Å². The number of halogens is 2. The molecule has 0 unspecified atom stereocenters. The third kappa shape index (κ3) is 4.19. The molecular weight excluding hydrogens is 310 g/mol. The summed E-state index contributed by atoms with van der Waals surface area (Å²) in [5.74, 6) is 0.143. The minimum absolute atomic E-state index is 0.290. The normalized spacial score (nSPS) is 15.2. The van der Waals surface area contributed by atoms with Crippen LogP contribution in [0.1, 0.15) is 50.3 Å². The highest BCUT2D eigenvalue weighted by molar-refractivity contribution is 5.45. The average Bonchev–Trinajstić information content (AvgIpc) is 3.40. The summed E-state index contributed by atoms with van der Waals surface area (Å²) in [5.41, 5.74) is 1.69. The van der Waals surface area contributed by atoms with Crippen LogP contribution in [0.4, 0.5) is 20.5 Å². The number of anilines is 2. The predicted octanol–water partition coefficient (Wildman–Crippen LogP) is 4.45. The van der Waals surface area contributed by atoms with Crippen LogP contribution in [0, 0.1) is 11.6 Å². The molecule has 1 atom stereocenters. The summed E-state index contributed by atoms with van der Waals surface area (Å²) in [5, 5.41) is 6.48. The summed E-state index contributed by atoms with van der Waals surface area (Å²) in [6.45, 7) is 4.56. The average molecular weight is 332 g/mol. The first kappa shape index (κ1) is 16.6. The van der Waals surface area contributed by atoms with E-state index in [1.54, 1.807) is 6.07 Å². The number of nitrogens with zero attached hydrogens (tertiary/aromatic N) is 2. The summed E-state index contributed by atoms with van der Waals surface area (Å²) in [7, 11) is 0. The van der Waals surface area contributed by atoms with Crippen LogP contribution in [0.5, 0.6) is 0 Å². The Hall–Kier alpha value is -2.24. The van der Waals surface area contributed by atoms with Crippen molar-refractivity contribution in [2.75, 3.05) is 10.6 Å². The minimum Gasteiger partial charge on any atom is -0.366 e. The number of nitrogens with one attached hydrogen (secondary N) is 2. The van der Waals surface area contributed by atoms with Gasteiger partial charge in [-0.2, -0.15) is 4.98 Å². The fourth-order valence-electron chi connectivity index (χ4n) is 2.37. The molecule has 2 aromatic rings. The molecule has 0 radical (unpaired) electrons. The molecule has 2 N–H and O–H groups in total. The third-order valence-electron chi connectivity index (χ3n) is 4.19. The van der Waals surface area contributed by atoms with E-state index in [2.05, 4.69) is 34.4 Å². The van der Waals surface area contributed by atoms with Crippen LogP contribution in [0.15, 0.2) is 24.3 Å². The molecule has 1 aromatic carbocycles. The molecule has 1 aromatic heterocycles. The van der Waals surface area contributed by atoms with Crippen molar-refractivity contribution < 1.29 is 8.78 Å². The van der Waals surface area contributed by atoms with Crippen LogP contribution in [-0.4, -0.2) is 16.0 Å². The zero-order valence-corrected chi connectivity index (χ0v) is 13.9. The van der Waals surface area contributed by atoms with Crippen molar-refractivity contribution in [3.8, 4) is 0 Å². The summed E-state index contributed by atoms with van der Waals surface area (Å²) < 4.78 is 26.3. The van der Waals surface area contributed by atoms with Gasteiger partial charge in [0.1, 0.15) is 5.82 Å². The van der Waals surface area contributed by atoms with E-state index in [1.807, 2.05) is 6.07 Å². The van der Waals surface area contributed by atoms with Gasteiger partial charge in [-0.25, -0.2) is 13.8 Å². The molecule has 0 spiro atoms. The van der Waals surface area contributed by atoms with Crippen LogP contribution in [0.3, 0.4) is 0 Å². The maximum absolute atomic E-state index is 13.3. The van der Waals surface area contributed by atoms with Crippen LogP contribution in [-0.2, 0) is 6.54 Å². The summed E-state index contributed by atoms with van der Waals surface area (Å²) in [6, 6.07) is 6.13. The molecular formula is C18H22F2N4. The lowest BCUT2D eigenvalue weighted by Crippen LogP contribution is -2.17. The van der Waals surface area contributed by atoms with E-state index in [-0.39, 0.29) is 0 Å². The summed E-state index contributed by atoms with van der Waals surface area (Å²) in [4.78, 5) is 9.08. The minimum atomic E-state index is -0.838. The van der Waals surface area contributed by atoms with Gasteiger partial charge in [-0.15, -0.1) is 0 Å². The Labute approximate surface area is 140 Å². The van der Waals surface area contributed by atoms with Crippen molar-refractivity contribution in [2.24, 2.45) is 0 Å². The number of aromatic nitrogens is 2. The van der Waals surface area contributed by atoms with Crippen LogP contribution >= 0.6 is 0 Å². The Bertz CT molecular complexity index is 716. The summed E-state index contributed by atoms with van der Waals surface area (Å²) in [6.07, 6.45) is 3.29. The monoisotopic (exact) mass is 332 g/mol. The number of hydrogen-bond acceptors (Lipinski definition) is 4. The van der Waals surface area contributed by atoms with E-state index in [0.29, 0.717) is 35.8 Å². The lowest BCUT2D eigenvalue weighted by molar-refractivity contribution is 0.507. The van der Waals surface area contributed by atoms with Gasteiger partial charge < -0.3 is 10.6 Å². The van der Waals surface area contributed by atoms with E-state index in [4.69, 9.17) is 0 Å². The van der Waals surface area contributed by atoms with Crippen molar-refractivity contribution in [1.29, 1.82) is 0 Å². The Kier molecular flexibility index (Phi) is 4.92. The van der Waals surface area contributed by atoms with Gasteiger partial charge in [-0.3, -0.25) is 0 Å². The van der Waals surface area contributed by atoms with Crippen LogP contribution in [0.2, 0.25) is 0 Å². The molecule has 0 amide bonds.